The van der Waals surface area contributed by atoms with Gasteiger partial charge in [-0.2, -0.15) is 0 Å². The first kappa shape index (κ1) is 21.7. The maximum Gasteiger partial charge on any atom is 0.330 e. The number of hydrogen-bond acceptors (Lipinski definition) is 5. The molecule has 4 atom stereocenters. The van der Waals surface area contributed by atoms with Crippen LogP contribution < -0.4 is 0 Å². The van der Waals surface area contributed by atoms with Gasteiger partial charge in [0.15, 0.2) is 0 Å². The third kappa shape index (κ3) is 8.04. The van der Waals surface area contributed by atoms with Gasteiger partial charge in [-0.15, -0.1) is 0 Å². The lowest BCUT2D eigenvalue weighted by atomic mass is 9.88. The molecule has 0 N–H and O–H groups in total. The van der Waals surface area contributed by atoms with E-state index in [1.54, 1.807) is 13.2 Å². The van der Waals surface area contributed by atoms with E-state index in [4.69, 9.17) is 9.47 Å². The molecule has 0 bridgehead atoms. The molecule has 5 heteroatoms. The molecule has 1 rings (SSSR count). The van der Waals surface area contributed by atoms with Crippen LogP contribution in [-0.4, -0.2) is 38.9 Å². The van der Waals surface area contributed by atoms with E-state index in [9.17, 15) is 9.59 Å². The Hall–Kier alpha value is -1.36. The first-order chi connectivity index (χ1) is 11.9. The van der Waals surface area contributed by atoms with Crippen molar-refractivity contribution in [3.63, 3.8) is 0 Å². The lowest BCUT2D eigenvalue weighted by Crippen LogP contribution is -2.47. The van der Waals surface area contributed by atoms with Crippen LogP contribution in [0.5, 0.6) is 0 Å². The maximum absolute atomic E-state index is 11.3. The second kappa shape index (κ2) is 11.3. The molecule has 1 saturated heterocycles. The normalized spacial score (nSPS) is 22.8. The summed E-state index contributed by atoms with van der Waals surface area (Å²) in [5, 5.41) is 0. The van der Waals surface area contributed by atoms with Gasteiger partial charge in [-0.25, -0.2) is 4.79 Å². The van der Waals surface area contributed by atoms with Crippen molar-refractivity contribution in [2.24, 2.45) is 17.8 Å². The molecule has 0 aromatic rings. The quantitative estimate of drug-likeness (QED) is 0.302. The fraction of sp³-hybridized carbons (Fsp3) is 0.800. The van der Waals surface area contributed by atoms with Crippen molar-refractivity contribution in [3.8, 4) is 0 Å². The lowest BCUT2D eigenvalue weighted by molar-refractivity contribution is -0.190. The predicted octanol–water partition coefficient (Wildman–Crippen LogP) is 3.91. The molecule has 0 radical (unpaired) electrons. The highest BCUT2D eigenvalue weighted by Gasteiger charge is 2.41. The molecule has 0 aliphatic carbocycles. The monoisotopic (exact) mass is 354 g/mol. The van der Waals surface area contributed by atoms with Gasteiger partial charge >= 0.3 is 11.9 Å². The molecular formula is C20H34O5. The van der Waals surface area contributed by atoms with Crippen molar-refractivity contribution >= 4 is 11.9 Å². The number of methoxy groups -OCH3 is 2. The zero-order chi connectivity index (χ0) is 18.8. The SMILES string of the molecule is COCC1C(=O)OC1CCCCC(C)CC(C)CC(C)=CC(=O)OC. The summed E-state index contributed by atoms with van der Waals surface area (Å²) in [5.74, 6) is 0.742. The van der Waals surface area contributed by atoms with Crippen LogP contribution in [0.1, 0.15) is 59.3 Å². The maximum atomic E-state index is 11.3. The minimum atomic E-state index is -0.277. The topological polar surface area (TPSA) is 61.8 Å². The molecule has 1 aliphatic heterocycles. The van der Waals surface area contributed by atoms with Crippen LogP contribution in [0, 0.1) is 17.8 Å². The molecule has 0 aromatic heterocycles. The number of cyclic esters (lactones) is 1. The van der Waals surface area contributed by atoms with Crippen molar-refractivity contribution in [1.82, 2.24) is 0 Å². The minimum Gasteiger partial charge on any atom is -0.466 e. The third-order valence-electron chi connectivity index (χ3n) is 4.84. The lowest BCUT2D eigenvalue weighted by Gasteiger charge is -2.34. The average molecular weight is 354 g/mol. The van der Waals surface area contributed by atoms with Gasteiger partial charge in [0.25, 0.3) is 0 Å². The van der Waals surface area contributed by atoms with Gasteiger partial charge in [-0.1, -0.05) is 32.3 Å². The molecule has 0 saturated carbocycles. The molecule has 0 aromatic carbocycles. The Balaban J connectivity index is 2.16. The zero-order valence-electron chi connectivity index (χ0n) is 16.4. The Morgan fingerprint density at radius 3 is 2.56 bits per heavy atom. The van der Waals surface area contributed by atoms with Gasteiger partial charge in [-0.3, -0.25) is 4.79 Å². The van der Waals surface area contributed by atoms with Gasteiger partial charge in [0.2, 0.25) is 0 Å². The summed E-state index contributed by atoms with van der Waals surface area (Å²) >= 11 is 0. The average Bonchev–Trinajstić information content (AvgIpc) is 2.54. The number of allylic oxidation sites excluding steroid dienone is 1. The Kier molecular flexibility index (Phi) is 9.79. The molecule has 25 heavy (non-hydrogen) atoms. The van der Waals surface area contributed by atoms with E-state index in [-0.39, 0.29) is 24.0 Å². The Labute approximate surface area is 152 Å². The highest BCUT2D eigenvalue weighted by molar-refractivity contribution is 5.82. The van der Waals surface area contributed by atoms with E-state index >= 15 is 0 Å². The second-order valence-electron chi connectivity index (χ2n) is 7.49. The number of hydrogen-bond donors (Lipinski definition) is 0. The van der Waals surface area contributed by atoms with Crippen LogP contribution in [0.4, 0.5) is 0 Å². The summed E-state index contributed by atoms with van der Waals surface area (Å²) in [6.07, 6.45) is 8.05. The Morgan fingerprint density at radius 1 is 1.24 bits per heavy atom. The van der Waals surface area contributed by atoms with Crippen LogP contribution in [0.25, 0.3) is 0 Å². The summed E-state index contributed by atoms with van der Waals surface area (Å²) in [4.78, 5) is 22.6. The molecule has 144 valence electrons. The highest BCUT2D eigenvalue weighted by atomic mass is 16.6. The second-order valence-corrected chi connectivity index (χ2v) is 7.49. The van der Waals surface area contributed by atoms with Crippen LogP contribution >= 0.6 is 0 Å². The van der Waals surface area contributed by atoms with Crippen molar-refractivity contribution in [1.29, 1.82) is 0 Å². The Bertz CT molecular complexity index is 457. The summed E-state index contributed by atoms with van der Waals surface area (Å²) in [5.41, 5.74) is 1.07. The first-order valence-corrected chi connectivity index (χ1v) is 9.31. The predicted molar refractivity (Wildman–Crippen MR) is 97.0 cm³/mol. The van der Waals surface area contributed by atoms with Crippen LogP contribution in [0.2, 0.25) is 0 Å². The van der Waals surface area contributed by atoms with Gasteiger partial charge < -0.3 is 14.2 Å². The van der Waals surface area contributed by atoms with Gasteiger partial charge in [0.1, 0.15) is 12.0 Å². The van der Waals surface area contributed by atoms with Crippen molar-refractivity contribution in [3.05, 3.63) is 11.6 Å². The van der Waals surface area contributed by atoms with E-state index < -0.39 is 0 Å². The van der Waals surface area contributed by atoms with Gasteiger partial charge in [-0.05, 0) is 44.4 Å². The number of rotatable bonds is 12. The van der Waals surface area contributed by atoms with E-state index in [1.165, 1.54) is 13.5 Å². The summed E-state index contributed by atoms with van der Waals surface area (Å²) in [6.45, 7) is 6.96. The van der Waals surface area contributed by atoms with Crippen LogP contribution in [-0.2, 0) is 23.8 Å². The van der Waals surface area contributed by atoms with Crippen molar-refractivity contribution in [2.75, 3.05) is 20.8 Å². The first-order valence-electron chi connectivity index (χ1n) is 9.31. The van der Waals surface area contributed by atoms with Gasteiger partial charge in [0, 0.05) is 13.2 Å². The minimum absolute atomic E-state index is 0.0489. The fourth-order valence-electron chi connectivity index (χ4n) is 3.61. The Morgan fingerprint density at radius 2 is 1.96 bits per heavy atom. The van der Waals surface area contributed by atoms with Crippen LogP contribution in [0.15, 0.2) is 11.6 Å². The standard InChI is InChI=1S/C20H34O5/c1-14(10-15(2)11-16(3)12-19(21)24-5)8-6-7-9-18-17(13-23-4)20(22)25-18/h12,14-15,17-18H,6-11,13H2,1-5H3. The molecule has 1 heterocycles. The summed E-state index contributed by atoms with van der Waals surface area (Å²) in [6, 6.07) is 0. The van der Waals surface area contributed by atoms with E-state index in [0.29, 0.717) is 18.4 Å². The van der Waals surface area contributed by atoms with Gasteiger partial charge in [0.05, 0.1) is 13.7 Å². The van der Waals surface area contributed by atoms with E-state index in [1.807, 2.05) is 6.92 Å². The third-order valence-corrected chi connectivity index (χ3v) is 4.84. The number of unbranched alkanes of at least 4 members (excludes halogenated alkanes) is 1. The molecule has 0 amide bonds. The number of carbonyl (C=O) groups is 2. The highest BCUT2D eigenvalue weighted by Crippen LogP contribution is 2.28. The smallest absolute Gasteiger partial charge is 0.330 e. The van der Waals surface area contributed by atoms with E-state index in [2.05, 4.69) is 18.6 Å². The molecule has 1 fully saturated rings. The number of ether oxygens (including phenoxy) is 3. The molecule has 4 unspecified atom stereocenters. The molecule has 1 aliphatic rings. The molecular weight excluding hydrogens is 320 g/mol. The largest absolute Gasteiger partial charge is 0.466 e. The number of carbonyl (C=O) groups excluding carboxylic acids is 2. The summed E-state index contributed by atoms with van der Waals surface area (Å²) < 4.78 is 14.9. The molecule has 5 nitrogen and oxygen atoms in total. The van der Waals surface area contributed by atoms with E-state index in [0.717, 1.165) is 37.7 Å². The zero-order valence-corrected chi connectivity index (χ0v) is 16.4. The summed E-state index contributed by atoms with van der Waals surface area (Å²) in [7, 11) is 3.02. The molecule has 0 spiro atoms. The van der Waals surface area contributed by atoms with Crippen molar-refractivity contribution in [2.45, 2.75) is 65.4 Å². The van der Waals surface area contributed by atoms with Crippen LogP contribution in [0.3, 0.4) is 0 Å². The number of esters is 2. The fourth-order valence-corrected chi connectivity index (χ4v) is 3.61. The van der Waals surface area contributed by atoms with Crippen molar-refractivity contribution < 1.29 is 23.8 Å².